The minimum atomic E-state index is -3.50. The molecule has 2 aromatic rings. The fraction of sp³-hybridized carbons (Fsp3) is 0.143. The maximum absolute atomic E-state index is 12.3. The first-order valence-corrected chi connectivity index (χ1v) is 8.45. The number of aromatic nitrogens is 1. The average molecular weight is 370 g/mol. The lowest BCUT2D eigenvalue weighted by molar-refractivity contribution is -0.136. The monoisotopic (exact) mass is 369 g/mol. The van der Waals surface area contributed by atoms with Crippen LogP contribution in [0.2, 0.25) is 0 Å². The molecule has 0 amide bonds. The molecule has 0 bridgehead atoms. The zero-order chi connectivity index (χ0) is 15.5. The number of hydrogen-bond acceptors (Lipinski definition) is 4. The van der Waals surface area contributed by atoms with E-state index >= 15 is 0 Å². The number of pyridine rings is 1. The number of rotatable bonds is 5. The zero-order valence-electron chi connectivity index (χ0n) is 10.9. The number of carbonyl (C=O) groups is 1. The molecule has 0 saturated carbocycles. The molecule has 1 heterocycles. The number of halogens is 1. The Morgan fingerprint density at radius 1 is 1.14 bits per heavy atom. The van der Waals surface area contributed by atoms with Crippen LogP contribution in [-0.2, 0) is 26.8 Å². The predicted molar refractivity (Wildman–Crippen MR) is 80.6 cm³/mol. The Morgan fingerprint density at radius 3 is 2.33 bits per heavy atom. The summed E-state index contributed by atoms with van der Waals surface area (Å²) >= 11 is 3.24. The molecule has 110 valence electrons. The minimum absolute atomic E-state index is 0.130. The number of sulfone groups is 1. The van der Waals surface area contributed by atoms with E-state index in [1.54, 1.807) is 18.3 Å². The van der Waals surface area contributed by atoms with E-state index in [4.69, 9.17) is 5.11 Å². The van der Waals surface area contributed by atoms with Crippen molar-refractivity contribution in [3.8, 4) is 0 Å². The van der Waals surface area contributed by atoms with Crippen molar-refractivity contribution < 1.29 is 18.3 Å². The summed E-state index contributed by atoms with van der Waals surface area (Å²) in [5.41, 5.74) is 1.01. The Kier molecular flexibility index (Phi) is 4.74. The topological polar surface area (TPSA) is 84.3 Å². The molecular weight excluding hydrogens is 358 g/mol. The molecule has 21 heavy (non-hydrogen) atoms. The largest absolute Gasteiger partial charge is 0.481 e. The van der Waals surface area contributed by atoms with E-state index in [9.17, 15) is 13.2 Å². The molecule has 7 heteroatoms. The predicted octanol–water partition coefficient (Wildman–Crippen LogP) is 2.45. The number of hydrogen-bond donors (Lipinski definition) is 1. The van der Waals surface area contributed by atoms with Gasteiger partial charge < -0.3 is 5.11 Å². The molecule has 5 nitrogen and oxygen atoms in total. The van der Waals surface area contributed by atoms with Crippen molar-refractivity contribution >= 4 is 31.7 Å². The van der Waals surface area contributed by atoms with Crippen LogP contribution >= 0.6 is 15.9 Å². The first kappa shape index (κ1) is 15.7. The lowest BCUT2D eigenvalue weighted by Gasteiger charge is -2.05. The Bertz CT molecular complexity index is 740. The molecule has 0 radical (unpaired) electrons. The van der Waals surface area contributed by atoms with Crippen molar-refractivity contribution in [1.82, 2.24) is 4.98 Å². The third-order valence-electron chi connectivity index (χ3n) is 2.76. The van der Waals surface area contributed by atoms with Gasteiger partial charge in [-0.15, -0.1) is 0 Å². The molecule has 0 fully saturated rings. The summed E-state index contributed by atoms with van der Waals surface area (Å²) in [5.74, 6) is -1.15. The van der Waals surface area contributed by atoms with Crippen LogP contribution in [0.5, 0.6) is 0 Å². The number of nitrogens with zero attached hydrogens (tertiary/aromatic N) is 1. The van der Waals surface area contributed by atoms with E-state index in [-0.39, 0.29) is 17.1 Å². The Balaban J connectivity index is 2.19. The third kappa shape index (κ3) is 4.37. The Hall–Kier alpha value is -1.73. The highest BCUT2D eigenvalue weighted by molar-refractivity contribution is 9.10. The van der Waals surface area contributed by atoms with Gasteiger partial charge in [-0.05, 0) is 45.8 Å². The van der Waals surface area contributed by atoms with Crippen molar-refractivity contribution in [3.63, 3.8) is 0 Å². The second-order valence-corrected chi connectivity index (χ2v) is 7.35. The Morgan fingerprint density at radius 2 is 1.81 bits per heavy atom. The SMILES string of the molecule is O=C(O)Cc1ccc(S(=O)(=O)Cc2ccc(Br)cn2)cc1. The fourth-order valence-corrected chi connectivity index (χ4v) is 3.27. The van der Waals surface area contributed by atoms with Gasteiger partial charge in [0.25, 0.3) is 0 Å². The highest BCUT2D eigenvalue weighted by Gasteiger charge is 2.16. The molecule has 0 aliphatic carbocycles. The molecule has 0 spiro atoms. The van der Waals surface area contributed by atoms with Gasteiger partial charge in [-0.25, -0.2) is 8.42 Å². The molecule has 1 aromatic heterocycles. The maximum Gasteiger partial charge on any atom is 0.307 e. The number of benzene rings is 1. The average Bonchev–Trinajstić information content (AvgIpc) is 2.41. The van der Waals surface area contributed by atoms with Crippen LogP contribution in [0, 0.1) is 0 Å². The van der Waals surface area contributed by atoms with Gasteiger partial charge in [0.2, 0.25) is 0 Å². The van der Waals surface area contributed by atoms with Gasteiger partial charge in [-0.3, -0.25) is 9.78 Å². The summed E-state index contributed by atoms with van der Waals surface area (Å²) in [7, 11) is -3.50. The van der Waals surface area contributed by atoms with Crippen LogP contribution < -0.4 is 0 Å². The summed E-state index contributed by atoms with van der Waals surface area (Å²) in [6, 6.07) is 9.24. The van der Waals surface area contributed by atoms with E-state index < -0.39 is 15.8 Å². The molecule has 0 atom stereocenters. The molecule has 1 N–H and O–H groups in total. The molecule has 0 aliphatic rings. The maximum atomic E-state index is 12.3. The van der Waals surface area contributed by atoms with Crippen LogP contribution in [0.25, 0.3) is 0 Å². The summed E-state index contributed by atoms with van der Waals surface area (Å²) in [4.78, 5) is 14.8. The van der Waals surface area contributed by atoms with Crippen LogP contribution in [0.1, 0.15) is 11.3 Å². The highest BCUT2D eigenvalue weighted by Crippen LogP contribution is 2.17. The quantitative estimate of drug-likeness (QED) is 0.874. The molecular formula is C14H12BrNO4S. The Labute approximate surface area is 130 Å². The summed E-state index contributed by atoms with van der Waals surface area (Å²) in [6.45, 7) is 0. The van der Waals surface area contributed by atoms with E-state index in [0.29, 0.717) is 11.3 Å². The molecule has 1 aromatic carbocycles. The van der Waals surface area contributed by atoms with Gasteiger partial charge in [-0.2, -0.15) is 0 Å². The van der Waals surface area contributed by atoms with Crippen molar-refractivity contribution in [2.45, 2.75) is 17.1 Å². The summed E-state index contributed by atoms with van der Waals surface area (Å²) in [5, 5.41) is 8.68. The van der Waals surface area contributed by atoms with Crippen molar-refractivity contribution in [3.05, 3.63) is 58.3 Å². The number of carboxylic acid groups (broad SMARTS) is 1. The first-order chi connectivity index (χ1) is 9.87. The smallest absolute Gasteiger partial charge is 0.307 e. The second kappa shape index (κ2) is 6.36. The van der Waals surface area contributed by atoms with Crippen LogP contribution in [0.15, 0.2) is 52.0 Å². The molecule has 0 saturated heterocycles. The lowest BCUT2D eigenvalue weighted by atomic mass is 10.2. The van der Waals surface area contributed by atoms with Crippen LogP contribution in [0.3, 0.4) is 0 Å². The standard InChI is InChI=1S/C14H12BrNO4S/c15-11-3-4-12(16-8-11)9-21(19,20)13-5-1-10(2-6-13)7-14(17)18/h1-6,8H,7,9H2,(H,17,18). The van der Waals surface area contributed by atoms with Crippen LogP contribution in [0.4, 0.5) is 0 Å². The van der Waals surface area contributed by atoms with Gasteiger partial charge in [-0.1, -0.05) is 12.1 Å². The lowest BCUT2D eigenvalue weighted by Crippen LogP contribution is -2.07. The van der Waals surface area contributed by atoms with E-state index in [1.807, 2.05) is 0 Å². The number of aliphatic carboxylic acids is 1. The first-order valence-electron chi connectivity index (χ1n) is 6.01. The van der Waals surface area contributed by atoms with Crippen molar-refractivity contribution in [1.29, 1.82) is 0 Å². The fourth-order valence-electron chi connectivity index (χ4n) is 1.76. The van der Waals surface area contributed by atoms with Crippen LogP contribution in [-0.4, -0.2) is 24.5 Å². The molecule has 0 unspecified atom stereocenters. The van der Waals surface area contributed by atoms with Gasteiger partial charge in [0.15, 0.2) is 9.84 Å². The van der Waals surface area contributed by atoms with Crippen molar-refractivity contribution in [2.75, 3.05) is 0 Å². The number of carboxylic acids is 1. The summed E-state index contributed by atoms with van der Waals surface area (Å²) < 4.78 is 25.3. The van der Waals surface area contributed by atoms with Crippen molar-refractivity contribution in [2.24, 2.45) is 0 Å². The van der Waals surface area contributed by atoms with E-state index in [0.717, 1.165) is 4.47 Å². The second-order valence-electron chi connectivity index (χ2n) is 4.44. The van der Waals surface area contributed by atoms with Gasteiger partial charge in [0.05, 0.1) is 22.8 Å². The molecule has 0 aliphatic heterocycles. The zero-order valence-corrected chi connectivity index (χ0v) is 13.3. The van der Waals surface area contributed by atoms with Gasteiger partial charge in [0, 0.05) is 10.7 Å². The molecule has 2 rings (SSSR count). The normalized spacial score (nSPS) is 11.3. The van der Waals surface area contributed by atoms with Gasteiger partial charge >= 0.3 is 5.97 Å². The van der Waals surface area contributed by atoms with E-state index in [2.05, 4.69) is 20.9 Å². The third-order valence-corrected chi connectivity index (χ3v) is 4.90. The highest BCUT2D eigenvalue weighted by atomic mass is 79.9. The minimum Gasteiger partial charge on any atom is -0.481 e. The summed E-state index contributed by atoms with van der Waals surface area (Å²) in [6.07, 6.45) is 1.41. The van der Waals surface area contributed by atoms with Gasteiger partial charge in [0.1, 0.15) is 0 Å². The van der Waals surface area contributed by atoms with E-state index in [1.165, 1.54) is 24.3 Å².